The summed E-state index contributed by atoms with van der Waals surface area (Å²) in [5.41, 5.74) is 2.61. The molecule has 3 aromatic rings. The van der Waals surface area contributed by atoms with Crippen LogP contribution in [0.25, 0.3) is 22.3 Å². The highest BCUT2D eigenvalue weighted by molar-refractivity contribution is 7.99. The number of halogens is 1. The Kier molecular flexibility index (Phi) is 4.34. The first kappa shape index (κ1) is 20.8. The Hall–Kier alpha value is -2.75. The molecule has 0 bridgehead atoms. The molecule has 33 heavy (non-hydrogen) atoms. The van der Waals surface area contributed by atoms with Crippen LogP contribution in [0.4, 0.5) is 4.39 Å². The van der Waals surface area contributed by atoms with Crippen molar-refractivity contribution >= 4 is 28.6 Å². The Bertz CT molecular complexity index is 1470. The number of esters is 1. The zero-order chi connectivity index (χ0) is 23.2. The number of thioether (sulfide) groups is 1. The summed E-state index contributed by atoms with van der Waals surface area (Å²) in [6.45, 7) is 3.61. The van der Waals surface area contributed by atoms with E-state index in [0.717, 1.165) is 27.2 Å². The predicted molar refractivity (Wildman–Crippen MR) is 122 cm³/mol. The third kappa shape index (κ3) is 2.55. The molecule has 0 aliphatic carbocycles. The van der Waals surface area contributed by atoms with Crippen molar-refractivity contribution in [3.63, 3.8) is 0 Å². The van der Waals surface area contributed by atoms with Gasteiger partial charge in [-0.05, 0) is 37.6 Å². The topological polar surface area (TPSA) is 93.5 Å². The highest BCUT2D eigenvalue weighted by Crippen LogP contribution is 2.48. The summed E-state index contributed by atoms with van der Waals surface area (Å²) in [5.74, 6) is -0.328. The fraction of sp³-hybridized carbons (Fsp3) is 0.375. The average Bonchev–Trinajstić information content (AvgIpc) is 3.18. The molecule has 1 aromatic carbocycles. The lowest BCUT2D eigenvalue weighted by atomic mass is 9.86. The van der Waals surface area contributed by atoms with Crippen molar-refractivity contribution in [1.82, 2.24) is 14.9 Å². The van der Waals surface area contributed by atoms with Gasteiger partial charge in [-0.2, -0.15) is 0 Å². The molecule has 3 aliphatic rings. The van der Waals surface area contributed by atoms with Gasteiger partial charge in [0.2, 0.25) is 0 Å². The summed E-state index contributed by atoms with van der Waals surface area (Å²) >= 11 is 1.61. The molecule has 0 fully saturated rings. The number of fused-ring (bicyclic) bond motifs is 5. The van der Waals surface area contributed by atoms with Crippen LogP contribution >= 0.6 is 11.8 Å². The highest BCUT2D eigenvalue weighted by Gasteiger charge is 2.45. The van der Waals surface area contributed by atoms with Crippen molar-refractivity contribution in [2.75, 3.05) is 12.8 Å². The largest absolute Gasteiger partial charge is 0.458 e. The quantitative estimate of drug-likeness (QED) is 0.438. The van der Waals surface area contributed by atoms with Crippen molar-refractivity contribution in [2.45, 2.75) is 50.0 Å². The molecule has 3 aliphatic heterocycles. The maximum atomic E-state index is 14.7. The van der Waals surface area contributed by atoms with Gasteiger partial charge in [-0.1, -0.05) is 6.92 Å². The maximum absolute atomic E-state index is 14.7. The van der Waals surface area contributed by atoms with Gasteiger partial charge in [-0.3, -0.25) is 4.79 Å². The van der Waals surface area contributed by atoms with Crippen LogP contribution in [0.1, 0.15) is 47.2 Å². The van der Waals surface area contributed by atoms with Crippen LogP contribution < -0.4 is 10.9 Å². The van der Waals surface area contributed by atoms with Crippen molar-refractivity contribution in [3.05, 3.63) is 56.1 Å². The first-order valence-electron chi connectivity index (χ1n) is 10.9. The van der Waals surface area contributed by atoms with Gasteiger partial charge in [-0.15, -0.1) is 11.8 Å². The highest BCUT2D eigenvalue weighted by atomic mass is 32.2. The lowest BCUT2D eigenvalue weighted by molar-refractivity contribution is -0.172. The molecule has 7 nitrogen and oxygen atoms in total. The summed E-state index contributed by atoms with van der Waals surface area (Å²) in [7, 11) is 1.89. The van der Waals surface area contributed by atoms with E-state index in [0.29, 0.717) is 29.0 Å². The predicted octanol–water partition coefficient (Wildman–Crippen LogP) is 2.89. The van der Waals surface area contributed by atoms with Crippen molar-refractivity contribution in [1.29, 1.82) is 0 Å². The molecular formula is C24H22FN3O4S. The molecule has 5 heterocycles. The first-order chi connectivity index (χ1) is 15.8. The van der Waals surface area contributed by atoms with Gasteiger partial charge in [0.05, 0.1) is 29.0 Å². The van der Waals surface area contributed by atoms with Crippen LogP contribution in [0.3, 0.4) is 0 Å². The lowest BCUT2D eigenvalue weighted by Crippen LogP contribution is -2.44. The fourth-order valence-corrected chi connectivity index (χ4v) is 6.69. The average molecular weight is 468 g/mol. The number of nitrogens with one attached hydrogen (secondary N) is 1. The van der Waals surface area contributed by atoms with Gasteiger partial charge < -0.3 is 19.7 Å². The molecule has 6 rings (SSSR count). The Labute approximate surface area is 193 Å². The number of nitrogens with zero attached hydrogens (tertiary/aromatic N) is 2. The van der Waals surface area contributed by atoms with E-state index < -0.39 is 11.6 Å². The van der Waals surface area contributed by atoms with E-state index in [1.807, 2.05) is 7.05 Å². The van der Waals surface area contributed by atoms with Crippen LogP contribution in [0, 0.1) is 12.7 Å². The molecule has 2 aromatic heterocycles. The van der Waals surface area contributed by atoms with Gasteiger partial charge in [-0.25, -0.2) is 14.2 Å². The number of carbonyl (C=O) groups is 1. The Morgan fingerprint density at radius 2 is 2.15 bits per heavy atom. The van der Waals surface area contributed by atoms with Crippen LogP contribution in [-0.2, 0) is 28.3 Å². The van der Waals surface area contributed by atoms with Crippen molar-refractivity contribution < 1.29 is 19.0 Å². The molecule has 0 saturated heterocycles. The summed E-state index contributed by atoms with van der Waals surface area (Å²) in [5, 5.41) is 15.4. The zero-order valence-electron chi connectivity index (χ0n) is 18.4. The lowest BCUT2D eigenvalue weighted by Gasteiger charge is -2.31. The number of benzene rings is 1. The van der Waals surface area contributed by atoms with Crippen LogP contribution in [0.2, 0.25) is 0 Å². The standard InChI is InChI=1S/C24H22FN3O4S/c1-4-24(31)13-5-17-20-11(7-28(17)22(29)12(13)8-32-23(24)30)18-16(26-3)9-33-21-10(2)14(25)6-15(27-20)19(18)21/h5-6,16,26,31H,4,7-9H2,1-3H3/t16-,24-/m0/s1. The number of ether oxygens (including phenoxy) is 1. The Morgan fingerprint density at radius 1 is 1.36 bits per heavy atom. The monoisotopic (exact) mass is 467 g/mol. The molecule has 0 saturated carbocycles. The van der Waals surface area contributed by atoms with Crippen molar-refractivity contribution in [2.24, 2.45) is 0 Å². The third-order valence-electron chi connectivity index (χ3n) is 7.25. The van der Waals surface area contributed by atoms with E-state index in [1.54, 1.807) is 36.2 Å². The Balaban J connectivity index is 1.70. The second kappa shape index (κ2) is 6.88. The SMILES string of the molecule is CC[C@@]1(O)C(=O)OCc2c1cc1n(c2=O)Cc2c-1nc1cc(F)c(C)c3c1c2[C@@H](NC)CS3. The fourth-order valence-electron chi connectivity index (χ4n) is 5.35. The summed E-state index contributed by atoms with van der Waals surface area (Å²) < 4.78 is 21.5. The molecule has 0 unspecified atom stereocenters. The minimum Gasteiger partial charge on any atom is -0.458 e. The van der Waals surface area contributed by atoms with E-state index >= 15 is 0 Å². The molecular weight excluding hydrogens is 445 g/mol. The number of aliphatic hydroxyl groups is 1. The molecule has 0 amide bonds. The number of cyclic esters (lactones) is 1. The smallest absolute Gasteiger partial charge is 0.343 e. The van der Waals surface area contributed by atoms with E-state index in [1.165, 1.54) is 6.07 Å². The van der Waals surface area contributed by atoms with Crippen LogP contribution in [-0.4, -0.2) is 33.4 Å². The summed E-state index contributed by atoms with van der Waals surface area (Å²) in [6, 6.07) is 3.16. The van der Waals surface area contributed by atoms with Gasteiger partial charge >= 0.3 is 5.97 Å². The van der Waals surface area contributed by atoms with Crippen LogP contribution in [0.15, 0.2) is 21.8 Å². The van der Waals surface area contributed by atoms with Crippen molar-refractivity contribution in [3.8, 4) is 11.4 Å². The summed E-state index contributed by atoms with van der Waals surface area (Å²) in [6.07, 6.45) is 0.0812. The Morgan fingerprint density at radius 3 is 2.88 bits per heavy atom. The second-order valence-corrected chi connectivity index (χ2v) is 9.84. The number of carbonyl (C=O) groups excluding carboxylic acids is 1. The van der Waals surface area contributed by atoms with Gasteiger partial charge in [0, 0.05) is 39.3 Å². The molecule has 0 spiro atoms. The minimum absolute atomic E-state index is 0.0173. The van der Waals surface area contributed by atoms with Gasteiger partial charge in [0.25, 0.3) is 5.56 Å². The van der Waals surface area contributed by atoms with Crippen LogP contribution in [0.5, 0.6) is 0 Å². The van der Waals surface area contributed by atoms with E-state index in [-0.39, 0.29) is 41.6 Å². The third-order valence-corrected chi connectivity index (χ3v) is 8.55. The number of hydrogen-bond donors (Lipinski definition) is 2. The number of pyridine rings is 2. The number of hydrogen-bond acceptors (Lipinski definition) is 7. The zero-order valence-corrected chi connectivity index (χ0v) is 19.2. The molecule has 2 N–H and O–H groups in total. The minimum atomic E-state index is -1.88. The molecule has 9 heteroatoms. The van der Waals surface area contributed by atoms with E-state index in [4.69, 9.17) is 9.72 Å². The summed E-state index contributed by atoms with van der Waals surface area (Å²) in [4.78, 5) is 31.6. The van der Waals surface area contributed by atoms with E-state index in [9.17, 15) is 19.1 Å². The normalized spacial score (nSPS) is 22.7. The molecule has 170 valence electrons. The number of aromatic nitrogens is 2. The molecule has 2 atom stereocenters. The number of rotatable bonds is 2. The second-order valence-electron chi connectivity index (χ2n) is 8.81. The van der Waals surface area contributed by atoms with Gasteiger partial charge in [0.1, 0.15) is 12.4 Å². The van der Waals surface area contributed by atoms with E-state index in [2.05, 4.69) is 5.32 Å². The maximum Gasteiger partial charge on any atom is 0.343 e. The van der Waals surface area contributed by atoms with Gasteiger partial charge in [0.15, 0.2) is 5.60 Å². The molecule has 0 radical (unpaired) electrons. The first-order valence-corrected chi connectivity index (χ1v) is 11.9.